The topological polar surface area (TPSA) is 100 Å². The maximum atomic E-state index is 16.2. The van der Waals surface area contributed by atoms with Crippen LogP contribution >= 0.6 is 0 Å². The number of alkyl halides is 1. The molecule has 9 nitrogen and oxygen atoms in total. The van der Waals surface area contributed by atoms with Gasteiger partial charge in [-0.1, -0.05) is 19.3 Å². The number of nitrogens with two attached hydrogens (primary N) is 1. The van der Waals surface area contributed by atoms with Gasteiger partial charge in [0.25, 0.3) is 5.91 Å². The van der Waals surface area contributed by atoms with Crippen molar-refractivity contribution in [3.8, 4) is 0 Å². The molecular weight excluding hydrogens is 525 g/mol. The molecule has 7 rings (SSSR count). The molecular formula is C31H48FN5O4. The zero-order chi connectivity index (χ0) is 28.1. The lowest BCUT2D eigenvalue weighted by molar-refractivity contribution is -0.231. The summed E-state index contributed by atoms with van der Waals surface area (Å²) in [5, 5.41) is 3.02. The van der Waals surface area contributed by atoms with E-state index in [2.05, 4.69) is 20.0 Å². The van der Waals surface area contributed by atoms with Crippen molar-refractivity contribution in [2.24, 2.45) is 23.5 Å². The maximum absolute atomic E-state index is 16.2. The molecule has 0 bridgehead atoms. The summed E-state index contributed by atoms with van der Waals surface area (Å²) in [6.07, 6.45) is 9.17. The smallest absolute Gasteiger partial charge is 0.256 e. The van der Waals surface area contributed by atoms with Crippen LogP contribution in [0.2, 0.25) is 0 Å². The average Bonchev–Trinajstić information content (AvgIpc) is 3.42. The Bertz CT molecular complexity index is 1020. The van der Waals surface area contributed by atoms with Crippen molar-refractivity contribution in [2.75, 3.05) is 52.5 Å². The van der Waals surface area contributed by atoms with E-state index in [0.29, 0.717) is 24.9 Å². The van der Waals surface area contributed by atoms with E-state index in [1.54, 1.807) is 0 Å². The second kappa shape index (κ2) is 11.8. The first kappa shape index (κ1) is 28.2. The second-order valence-electron chi connectivity index (χ2n) is 13.7. The van der Waals surface area contributed by atoms with Gasteiger partial charge < -0.3 is 25.4 Å². The third-order valence-electron chi connectivity index (χ3n) is 11.4. The van der Waals surface area contributed by atoms with Crippen LogP contribution in [0, 0.1) is 17.8 Å². The highest BCUT2D eigenvalue weighted by atomic mass is 19.1. The normalized spacial score (nSPS) is 43.1. The number of likely N-dealkylation sites (tertiary alicyclic amines) is 1. The summed E-state index contributed by atoms with van der Waals surface area (Å²) < 4.78 is 28.7. The van der Waals surface area contributed by atoms with Crippen LogP contribution in [0.1, 0.15) is 57.8 Å². The molecule has 0 aromatic rings. The summed E-state index contributed by atoms with van der Waals surface area (Å²) in [7, 11) is 0. The van der Waals surface area contributed by atoms with Crippen molar-refractivity contribution in [1.29, 1.82) is 0 Å². The zero-order valence-corrected chi connectivity index (χ0v) is 24.3. The molecule has 41 heavy (non-hydrogen) atoms. The van der Waals surface area contributed by atoms with Crippen molar-refractivity contribution >= 4 is 11.7 Å². The molecule has 0 aromatic heterocycles. The number of ketones is 1. The molecule has 10 heteroatoms. The summed E-state index contributed by atoms with van der Waals surface area (Å²) in [6.45, 7) is 6.18. The highest BCUT2D eigenvalue weighted by molar-refractivity contribution is 6.20. The van der Waals surface area contributed by atoms with Gasteiger partial charge >= 0.3 is 0 Å². The predicted molar refractivity (Wildman–Crippen MR) is 152 cm³/mol. The first-order chi connectivity index (χ1) is 20.0. The first-order valence-electron chi connectivity index (χ1n) is 16.4. The van der Waals surface area contributed by atoms with Crippen LogP contribution in [0.5, 0.6) is 0 Å². The number of rotatable bonds is 6. The van der Waals surface area contributed by atoms with Crippen LogP contribution < -0.4 is 11.1 Å². The molecule has 4 heterocycles. The number of ether oxygens (including phenoxy) is 2. The Balaban J connectivity index is 1.14. The molecule has 6 fully saturated rings. The Labute approximate surface area is 243 Å². The molecule has 0 spiro atoms. The van der Waals surface area contributed by atoms with Crippen LogP contribution in [-0.2, 0) is 19.1 Å². The Hall–Kier alpha value is -1.59. The minimum absolute atomic E-state index is 0.0160. The Morgan fingerprint density at radius 1 is 1.05 bits per heavy atom. The molecule has 9 unspecified atom stereocenters. The highest BCUT2D eigenvalue weighted by Crippen LogP contribution is 2.51. The van der Waals surface area contributed by atoms with Gasteiger partial charge in [0.2, 0.25) is 0 Å². The van der Waals surface area contributed by atoms with Gasteiger partial charge in [-0.05, 0) is 56.9 Å². The minimum Gasteiger partial charge on any atom is -0.379 e. The van der Waals surface area contributed by atoms with E-state index < -0.39 is 24.2 Å². The number of carbonyl (C=O) groups is 2. The molecule has 0 radical (unpaired) electrons. The van der Waals surface area contributed by atoms with Gasteiger partial charge in [0.15, 0.2) is 5.78 Å². The maximum Gasteiger partial charge on any atom is 0.256 e. The van der Waals surface area contributed by atoms with Gasteiger partial charge in [-0.15, -0.1) is 0 Å². The standard InChI is InChI=1S/C31H48FN5O4/c32-24-16-22-26-30(27(24)36-11-8-20(33)17-36)41-29-21-5-2-1-4-19(21)6-7-25(29)37(26)18-23(28(22)38)31(39)34-9-3-10-35-12-14-40-15-13-35/h18-22,24-27,29-30H,1-17,33H2,(H,34,39)/t19?,20-,21?,22?,24?,25?,26?,27?,29?,30?/m1/s1. The van der Waals surface area contributed by atoms with Crippen molar-refractivity contribution < 1.29 is 23.5 Å². The van der Waals surface area contributed by atoms with Crippen LogP contribution in [0.3, 0.4) is 0 Å². The number of hydrogen-bond acceptors (Lipinski definition) is 8. The van der Waals surface area contributed by atoms with E-state index >= 15 is 4.39 Å². The van der Waals surface area contributed by atoms with Crippen LogP contribution in [0.4, 0.5) is 4.39 Å². The number of carbonyl (C=O) groups excluding carboxylic acids is 2. The lowest BCUT2D eigenvalue weighted by atomic mass is 9.64. The van der Waals surface area contributed by atoms with Crippen LogP contribution in [0.15, 0.2) is 11.8 Å². The van der Waals surface area contributed by atoms with Gasteiger partial charge in [-0.25, -0.2) is 4.39 Å². The van der Waals surface area contributed by atoms with Gasteiger partial charge in [0.05, 0.1) is 49.1 Å². The lowest BCUT2D eigenvalue weighted by Crippen LogP contribution is -2.74. The Kier molecular flexibility index (Phi) is 8.14. The molecule has 10 atom stereocenters. The summed E-state index contributed by atoms with van der Waals surface area (Å²) >= 11 is 0. The van der Waals surface area contributed by atoms with Crippen LogP contribution in [0.25, 0.3) is 0 Å². The molecule has 0 aromatic carbocycles. The molecule has 4 aliphatic heterocycles. The summed E-state index contributed by atoms with van der Waals surface area (Å²) in [6, 6.07) is -0.436. The SMILES string of the molecule is N[C@@H]1CCN(C2C(F)CC3C(=O)C(C(=O)NCCCN4CCOCC4)=CN4C5CCC6CCCCC6C5OC2C34)C1. The van der Waals surface area contributed by atoms with Crippen molar-refractivity contribution in [3.63, 3.8) is 0 Å². The Morgan fingerprint density at radius 2 is 1.88 bits per heavy atom. The average molecular weight is 574 g/mol. The summed E-state index contributed by atoms with van der Waals surface area (Å²) in [5.74, 6) is 0.0305. The minimum atomic E-state index is -1.18. The van der Waals surface area contributed by atoms with E-state index in [4.69, 9.17) is 15.2 Å². The van der Waals surface area contributed by atoms with Gasteiger partial charge in [-0.2, -0.15) is 0 Å². The molecule has 3 saturated heterocycles. The third-order valence-corrected chi connectivity index (χ3v) is 11.4. The number of hydrogen-bond donors (Lipinski definition) is 2. The number of halogens is 1. The molecule has 3 saturated carbocycles. The monoisotopic (exact) mass is 573 g/mol. The predicted octanol–water partition coefficient (Wildman–Crippen LogP) is 1.46. The van der Waals surface area contributed by atoms with Gasteiger partial charge in [0.1, 0.15) is 6.17 Å². The van der Waals surface area contributed by atoms with Gasteiger partial charge in [-0.3, -0.25) is 19.4 Å². The molecule has 228 valence electrons. The Morgan fingerprint density at radius 3 is 2.68 bits per heavy atom. The van der Waals surface area contributed by atoms with Crippen molar-refractivity contribution in [1.82, 2.24) is 20.0 Å². The molecule has 3 aliphatic carbocycles. The zero-order valence-electron chi connectivity index (χ0n) is 24.3. The van der Waals surface area contributed by atoms with E-state index in [9.17, 15) is 9.59 Å². The third kappa shape index (κ3) is 5.26. The fourth-order valence-corrected chi connectivity index (χ4v) is 9.45. The number of nitrogens with zero attached hydrogens (tertiary/aromatic N) is 3. The number of nitrogens with one attached hydrogen (secondary N) is 1. The van der Waals surface area contributed by atoms with E-state index in [0.717, 1.165) is 71.5 Å². The fourth-order valence-electron chi connectivity index (χ4n) is 9.45. The largest absolute Gasteiger partial charge is 0.379 e. The van der Waals surface area contributed by atoms with Crippen molar-refractivity contribution in [2.45, 2.75) is 100 Å². The first-order valence-corrected chi connectivity index (χ1v) is 16.4. The lowest BCUT2D eigenvalue weighted by Gasteiger charge is -2.62. The second-order valence-corrected chi connectivity index (χ2v) is 13.7. The molecule has 3 N–H and O–H groups in total. The number of morpholine rings is 2. The fraction of sp³-hybridized carbons (Fsp3) is 0.871. The van der Waals surface area contributed by atoms with Crippen LogP contribution in [-0.4, -0.2) is 121 Å². The molecule has 7 aliphatic rings. The van der Waals surface area contributed by atoms with E-state index in [1.807, 2.05) is 6.20 Å². The number of Topliss-reactive ketones (excluding diaryl/α,β-unsaturated/α-hetero) is 1. The summed E-state index contributed by atoms with van der Waals surface area (Å²) in [5.41, 5.74) is 6.47. The highest BCUT2D eigenvalue weighted by Gasteiger charge is 2.61. The number of fused-ring (bicyclic) bond motifs is 4. The van der Waals surface area contributed by atoms with E-state index in [1.165, 1.54) is 19.3 Å². The quantitative estimate of drug-likeness (QED) is 0.364. The summed E-state index contributed by atoms with van der Waals surface area (Å²) in [4.78, 5) is 34.2. The van der Waals surface area contributed by atoms with E-state index in [-0.39, 0.29) is 47.9 Å². The van der Waals surface area contributed by atoms with Crippen molar-refractivity contribution in [3.05, 3.63) is 11.8 Å². The van der Waals surface area contributed by atoms with Gasteiger partial charge in [0, 0.05) is 50.9 Å². The molecule has 1 amide bonds. The number of amides is 1.